The first-order chi connectivity index (χ1) is 18.8. The number of fused-ring (bicyclic) bond motifs is 1. The monoisotopic (exact) mass is 540 g/mol. The molecule has 0 aliphatic carbocycles. The molecule has 39 heavy (non-hydrogen) atoms. The van der Waals surface area contributed by atoms with Gasteiger partial charge in [-0.15, -0.1) is 18.3 Å². The first-order valence-electron chi connectivity index (χ1n) is 12.5. The van der Waals surface area contributed by atoms with Crippen LogP contribution >= 0.6 is 0 Å². The van der Waals surface area contributed by atoms with E-state index in [0.717, 1.165) is 39.3 Å². The van der Waals surface area contributed by atoms with E-state index in [1.165, 1.54) is 22.7 Å². The van der Waals surface area contributed by atoms with E-state index in [1.54, 1.807) is 48.7 Å². The predicted molar refractivity (Wildman–Crippen MR) is 139 cm³/mol. The number of nitrogens with zero attached hydrogens (tertiary/aromatic N) is 4. The van der Waals surface area contributed by atoms with Gasteiger partial charge in [0.25, 0.3) is 5.91 Å². The van der Waals surface area contributed by atoms with Crippen LogP contribution in [0.15, 0.2) is 66.9 Å². The Kier molecular flexibility index (Phi) is 7.94. The van der Waals surface area contributed by atoms with Crippen molar-refractivity contribution in [2.75, 3.05) is 44.7 Å². The van der Waals surface area contributed by atoms with Gasteiger partial charge in [0, 0.05) is 42.6 Å². The van der Waals surface area contributed by atoms with Gasteiger partial charge in [0.1, 0.15) is 5.75 Å². The van der Waals surface area contributed by atoms with Gasteiger partial charge in [-0.1, -0.05) is 12.1 Å². The van der Waals surface area contributed by atoms with Crippen LogP contribution in [0.1, 0.15) is 16.8 Å². The summed E-state index contributed by atoms with van der Waals surface area (Å²) < 4.78 is 48.9. The first kappa shape index (κ1) is 26.4. The highest BCUT2D eigenvalue weighted by molar-refractivity contribution is 5.94. The Hall–Kier alpha value is -4.16. The molecule has 4 aromatic rings. The quantitative estimate of drug-likeness (QED) is 0.302. The van der Waals surface area contributed by atoms with Crippen molar-refractivity contribution in [1.29, 1.82) is 0 Å². The van der Waals surface area contributed by atoms with Crippen molar-refractivity contribution in [3.63, 3.8) is 0 Å². The van der Waals surface area contributed by atoms with Gasteiger partial charge in [-0.3, -0.25) is 9.69 Å². The lowest BCUT2D eigenvalue weighted by Crippen LogP contribution is -2.38. The number of amides is 1. The van der Waals surface area contributed by atoms with E-state index >= 15 is 0 Å². The fourth-order valence-electron chi connectivity index (χ4n) is 4.31. The second kappa shape index (κ2) is 11.7. The number of anilines is 2. The van der Waals surface area contributed by atoms with Crippen LogP contribution in [0.4, 0.5) is 24.8 Å². The van der Waals surface area contributed by atoms with Crippen molar-refractivity contribution < 1.29 is 27.4 Å². The Morgan fingerprint density at radius 1 is 1.05 bits per heavy atom. The molecule has 0 unspecified atom stereocenters. The molecule has 2 N–H and O–H groups in total. The van der Waals surface area contributed by atoms with Gasteiger partial charge in [0.2, 0.25) is 5.95 Å². The average molecular weight is 541 g/mol. The van der Waals surface area contributed by atoms with Gasteiger partial charge in [0.15, 0.2) is 5.65 Å². The van der Waals surface area contributed by atoms with Crippen LogP contribution in [0.5, 0.6) is 5.75 Å². The number of ether oxygens (including phenoxy) is 2. The maximum absolute atomic E-state index is 12.7. The van der Waals surface area contributed by atoms with Gasteiger partial charge in [0.05, 0.1) is 13.2 Å². The number of hydrogen-bond donors (Lipinski definition) is 2. The van der Waals surface area contributed by atoms with Crippen LogP contribution in [0.2, 0.25) is 0 Å². The van der Waals surface area contributed by atoms with Crippen molar-refractivity contribution in [1.82, 2.24) is 24.8 Å². The summed E-state index contributed by atoms with van der Waals surface area (Å²) in [5, 5.41) is 10.5. The fraction of sp³-hybridized carbons (Fsp3) is 0.296. The summed E-state index contributed by atoms with van der Waals surface area (Å²) in [4.78, 5) is 19.3. The Morgan fingerprint density at radius 3 is 2.62 bits per heavy atom. The highest BCUT2D eigenvalue weighted by Crippen LogP contribution is 2.30. The normalized spacial score (nSPS) is 14.3. The second-order valence-electron chi connectivity index (χ2n) is 8.97. The predicted octanol–water partition coefficient (Wildman–Crippen LogP) is 4.49. The van der Waals surface area contributed by atoms with E-state index in [1.807, 2.05) is 0 Å². The summed E-state index contributed by atoms with van der Waals surface area (Å²) in [6, 6.07) is 16.1. The number of carbonyl (C=O) groups is 1. The summed E-state index contributed by atoms with van der Waals surface area (Å²) in [6.07, 6.45) is -2.22. The number of carbonyl (C=O) groups excluding carboxylic acids is 1. The molecule has 0 spiro atoms. The lowest BCUT2D eigenvalue weighted by atomic mass is 10.1. The minimum absolute atomic E-state index is 0.143. The maximum Gasteiger partial charge on any atom is 0.573 e. The molecule has 1 amide bonds. The van der Waals surface area contributed by atoms with Crippen LogP contribution < -0.4 is 15.4 Å². The molecule has 1 fully saturated rings. The molecule has 9 nitrogen and oxygen atoms in total. The number of halogens is 3. The van der Waals surface area contributed by atoms with Crippen LogP contribution in [-0.4, -0.2) is 71.2 Å². The van der Waals surface area contributed by atoms with Crippen molar-refractivity contribution in [2.24, 2.45) is 0 Å². The molecule has 0 radical (unpaired) electrons. The van der Waals surface area contributed by atoms with E-state index in [-0.39, 0.29) is 11.7 Å². The largest absolute Gasteiger partial charge is 0.573 e. The molecule has 204 valence electrons. The molecular formula is C27H27F3N6O3. The third-order valence-corrected chi connectivity index (χ3v) is 6.18. The molecule has 2 aromatic heterocycles. The molecule has 12 heteroatoms. The average Bonchev–Trinajstić information content (AvgIpc) is 3.34. The smallest absolute Gasteiger partial charge is 0.406 e. The molecule has 0 saturated carbocycles. The number of benzene rings is 2. The van der Waals surface area contributed by atoms with Crippen LogP contribution in [0.3, 0.4) is 0 Å². The number of aromatic nitrogens is 3. The fourth-order valence-corrected chi connectivity index (χ4v) is 4.31. The van der Waals surface area contributed by atoms with Crippen molar-refractivity contribution in [3.8, 4) is 16.9 Å². The number of rotatable bonds is 9. The SMILES string of the molecule is O=C(NCCCN1CCOCC1)c1ccc(Nc2nc3c(-c4cccc(OC(F)(F)F)c4)cccn3n2)cc1. The number of hydrogen-bond acceptors (Lipinski definition) is 7. The number of pyridine rings is 1. The maximum atomic E-state index is 12.7. The molecule has 3 heterocycles. The third kappa shape index (κ3) is 7.03. The third-order valence-electron chi connectivity index (χ3n) is 6.18. The Bertz CT molecular complexity index is 1420. The zero-order valence-electron chi connectivity index (χ0n) is 20.9. The topological polar surface area (TPSA) is 93.0 Å². The van der Waals surface area contributed by atoms with Gasteiger partial charge >= 0.3 is 6.36 Å². The van der Waals surface area contributed by atoms with E-state index in [9.17, 15) is 18.0 Å². The molecule has 2 aromatic carbocycles. The van der Waals surface area contributed by atoms with Crippen LogP contribution in [-0.2, 0) is 4.74 Å². The molecule has 0 bridgehead atoms. The van der Waals surface area contributed by atoms with E-state index in [0.29, 0.717) is 40.5 Å². The first-order valence-corrected chi connectivity index (χ1v) is 12.5. The van der Waals surface area contributed by atoms with Gasteiger partial charge in [-0.25, -0.2) is 4.52 Å². The summed E-state index contributed by atoms with van der Waals surface area (Å²) in [5.74, 6) is -0.165. The highest BCUT2D eigenvalue weighted by Gasteiger charge is 2.31. The van der Waals surface area contributed by atoms with Gasteiger partial charge in [-0.2, -0.15) is 4.98 Å². The van der Waals surface area contributed by atoms with Crippen molar-refractivity contribution in [3.05, 3.63) is 72.4 Å². The standard InChI is InChI=1S/C27H27F3N6O3/c28-27(29,30)39-22-5-1-4-20(18-22)23-6-2-13-36-24(23)33-26(34-36)32-21-9-7-19(8-10-21)25(37)31-11-3-12-35-14-16-38-17-15-35/h1-2,4-10,13,18H,3,11-12,14-17H2,(H,31,37)(H,32,34). The molecule has 0 atom stereocenters. The molecule has 1 saturated heterocycles. The molecule has 1 aliphatic rings. The van der Waals surface area contributed by atoms with Crippen LogP contribution in [0, 0.1) is 0 Å². The van der Waals surface area contributed by atoms with E-state index in [4.69, 9.17) is 4.74 Å². The molecule has 5 rings (SSSR count). The Balaban J connectivity index is 1.21. The summed E-state index contributed by atoms with van der Waals surface area (Å²) in [7, 11) is 0. The Labute approximate surface area is 222 Å². The summed E-state index contributed by atoms with van der Waals surface area (Å²) in [6.45, 7) is 4.88. The number of morpholine rings is 1. The van der Waals surface area contributed by atoms with Crippen molar-refractivity contribution >= 4 is 23.2 Å². The molecular weight excluding hydrogens is 513 g/mol. The van der Waals surface area contributed by atoms with E-state index < -0.39 is 6.36 Å². The van der Waals surface area contributed by atoms with Crippen LogP contribution in [0.25, 0.3) is 16.8 Å². The lowest BCUT2D eigenvalue weighted by molar-refractivity contribution is -0.274. The zero-order chi connectivity index (χ0) is 27.2. The number of nitrogens with one attached hydrogen (secondary N) is 2. The second-order valence-corrected chi connectivity index (χ2v) is 8.97. The Morgan fingerprint density at radius 2 is 1.85 bits per heavy atom. The van der Waals surface area contributed by atoms with E-state index in [2.05, 4.69) is 30.4 Å². The highest BCUT2D eigenvalue weighted by atomic mass is 19.4. The molecule has 1 aliphatic heterocycles. The summed E-state index contributed by atoms with van der Waals surface area (Å²) >= 11 is 0. The summed E-state index contributed by atoms with van der Waals surface area (Å²) in [5.41, 5.74) is 2.76. The minimum atomic E-state index is -4.78. The number of alkyl halides is 3. The minimum Gasteiger partial charge on any atom is -0.406 e. The van der Waals surface area contributed by atoms with Gasteiger partial charge in [-0.05, 0) is 67.1 Å². The van der Waals surface area contributed by atoms with Crippen molar-refractivity contribution in [2.45, 2.75) is 12.8 Å². The zero-order valence-corrected chi connectivity index (χ0v) is 20.9. The van der Waals surface area contributed by atoms with Gasteiger partial charge < -0.3 is 20.1 Å². The lowest BCUT2D eigenvalue weighted by Gasteiger charge is -2.26.